The highest BCUT2D eigenvalue weighted by atomic mass is 32.2. The quantitative estimate of drug-likeness (QED) is 0.696. The first kappa shape index (κ1) is 19.8. The molecule has 0 atom stereocenters. The van der Waals surface area contributed by atoms with Gasteiger partial charge in [0.15, 0.2) is 0 Å². The summed E-state index contributed by atoms with van der Waals surface area (Å²) in [7, 11) is 1.84. The van der Waals surface area contributed by atoms with E-state index in [1.807, 2.05) is 56.2 Å². The van der Waals surface area contributed by atoms with Crippen LogP contribution in [0.3, 0.4) is 0 Å². The van der Waals surface area contributed by atoms with E-state index in [0.717, 1.165) is 41.8 Å². The molecule has 2 aromatic heterocycles. The summed E-state index contributed by atoms with van der Waals surface area (Å²) in [6.45, 7) is 2.40. The van der Waals surface area contributed by atoms with E-state index in [1.165, 1.54) is 10.9 Å². The molecule has 1 fully saturated rings. The van der Waals surface area contributed by atoms with E-state index < -0.39 is 0 Å². The molecule has 5 nitrogen and oxygen atoms in total. The minimum atomic E-state index is -0.188. The third-order valence-electron chi connectivity index (χ3n) is 5.94. The predicted molar refractivity (Wildman–Crippen MR) is 120 cm³/mol. The zero-order valence-electron chi connectivity index (χ0n) is 17.0. The van der Waals surface area contributed by atoms with E-state index in [2.05, 4.69) is 11.1 Å². The number of pyridine rings is 1. The van der Waals surface area contributed by atoms with E-state index in [0.29, 0.717) is 12.1 Å². The van der Waals surface area contributed by atoms with Gasteiger partial charge >= 0.3 is 0 Å². The molecule has 3 heterocycles. The van der Waals surface area contributed by atoms with Gasteiger partial charge in [-0.2, -0.15) is 11.8 Å². The van der Waals surface area contributed by atoms with Gasteiger partial charge in [0, 0.05) is 42.9 Å². The number of fused-ring (bicyclic) bond motifs is 1. The average Bonchev–Trinajstić information content (AvgIpc) is 3.16. The van der Waals surface area contributed by atoms with E-state index in [4.69, 9.17) is 0 Å². The second-order valence-electron chi connectivity index (χ2n) is 7.74. The van der Waals surface area contributed by atoms with E-state index in [9.17, 15) is 9.59 Å². The smallest absolute Gasteiger partial charge is 0.263 e. The number of thioether (sulfide) groups is 1. The van der Waals surface area contributed by atoms with Gasteiger partial charge in [-0.25, -0.2) is 0 Å². The van der Waals surface area contributed by atoms with Gasteiger partial charge in [0.05, 0.1) is 0 Å². The van der Waals surface area contributed by atoms with Gasteiger partial charge in [0.1, 0.15) is 5.56 Å². The maximum absolute atomic E-state index is 13.1. The molecule has 1 aliphatic rings. The molecule has 1 N–H and O–H groups in total. The molecule has 1 aliphatic heterocycles. The summed E-state index contributed by atoms with van der Waals surface area (Å²) in [5, 5.41) is 1.18. The first-order valence-electron chi connectivity index (χ1n) is 10.2. The molecule has 1 amide bonds. The van der Waals surface area contributed by atoms with Crippen LogP contribution in [0.25, 0.3) is 10.9 Å². The lowest BCUT2D eigenvalue weighted by Gasteiger charge is -2.31. The number of aromatic amines is 1. The first-order valence-corrected chi connectivity index (χ1v) is 11.3. The summed E-state index contributed by atoms with van der Waals surface area (Å²) in [6, 6.07) is 10.3. The standard InChI is InChI=1S/C23H27N3O2S/c1-16-7-11-26(12-8-17-15-24-20-6-4-3-5-19(17)20)23(28)21(16)22(27)25(2)18-9-13-29-14-10-18/h3-7,11,15,18,24H,8-10,12-14H2,1-2H3. The van der Waals surface area contributed by atoms with Crippen molar-refractivity contribution in [1.82, 2.24) is 14.5 Å². The lowest BCUT2D eigenvalue weighted by atomic mass is 10.1. The van der Waals surface area contributed by atoms with Crippen molar-refractivity contribution in [3.05, 3.63) is 69.8 Å². The third kappa shape index (κ3) is 3.99. The Morgan fingerprint density at radius 1 is 1.24 bits per heavy atom. The van der Waals surface area contributed by atoms with Crippen LogP contribution in [0, 0.1) is 6.92 Å². The number of carbonyl (C=O) groups excluding carboxylic acids is 1. The molecule has 0 spiro atoms. The maximum atomic E-state index is 13.1. The minimum Gasteiger partial charge on any atom is -0.361 e. The molecular formula is C23H27N3O2S. The van der Waals surface area contributed by atoms with Crippen molar-refractivity contribution < 1.29 is 4.79 Å². The first-order chi connectivity index (χ1) is 14.1. The molecule has 1 aromatic carbocycles. The summed E-state index contributed by atoms with van der Waals surface area (Å²) >= 11 is 1.93. The fourth-order valence-corrected chi connectivity index (χ4v) is 5.18. The summed E-state index contributed by atoms with van der Waals surface area (Å²) in [4.78, 5) is 31.4. The lowest BCUT2D eigenvalue weighted by molar-refractivity contribution is 0.0720. The molecule has 0 aliphatic carbocycles. The molecule has 0 radical (unpaired) electrons. The molecule has 3 aromatic rings. The number of aryl methyl sites for hydroxylation is 3. The molecule has 29 heavy (non-hydrogen) atoms. The molecule has 6 heteroatoms. The number of carbonyl (C=O) groups is 1. The fourth-order valence-electron chi connectivity index (χ4n) is 4.10. The van der Waals surface area contributed by atoms with Gasteiger partial charge < -0.3 is 14.5 Å². The van der Waals surface area contributed by atoms with Crippen molar-refractivity contribution in [3.63, 3.8) is 0 Å². The van der Waals surface area contributed by atoms with Crippen molar-refractivity contribution in [1.29, 1.82) is 0 Å². The minimum absolute atomic E-state index is 0.147. The Balaban J connectivity index is 1.56. The Morgan fingerprint density at radius 3 is 2.79 bits per heavy atom. The predicted octanol–water partition coefficient (Wildman–Crippen LogP) is 3.85. The van der Waals surface area contributed by atoms with Gasteiger partial charge in [-0.1, -0.05) is 18.2 Å². The number of amides is 1. The third-order valence-corrected chi connectivity index (χ3v) is 6.99. The van der Waals surface area contributed by atoms with Gasteiger partial charge in [-0.05, 0) is 61.0 Å². The SMILES string of the molecule is Cc1ccn(CCc2c[nH]c3ccccc23)c(=O)c1C(=O)N(C)C1CCSCC1. The Morgan fingerprint density at radius 2 is 2.00 bits per heavy atom. The Bertz CT molecular complexity index is 1080. The Kier molecular flexibility index (Phi) is 5.81. The van der Waals surface area contributed by atoms with Crippen molar-refractivity contribution >= 4 is 28.6 Å². The molecular weight excluding hydrogens is 382 g/mol. The van der Waals surface area contributed by atoms with Crippen molar-refractivity contribution in [2.45, 2.75) is 38.8 Å². The zero-order valence-corrected chi connectivity index (χ0v) is 17.8. The van der Waals surface area contributed by atoms with Crippen molar-refractivity contribution in [3.8, 4) is 0 Å². The Hall–Kier alpha value is -2.47. The monoisotopic (exact) mass is 409 g/mol. The van der Waals surface area contributed by atoms with Gasteiger partial charge in [0.2, 0.25) is 0 Å². The highest BCUT2D eigenvalue weighted by Crippen LogP contribution is 2.22. The highest BCUT2D eigenvalue weighted by Gasteiger charge is 2.26. The second-order valence-corrected chi connectivity index (χ2v) is 8.97. The van der Waals surface area contributed by atoms with Crippen LogP contribution in [0.2, 0.25) is 0 Å². The lowest BCUT2D eigenvalue weighted by Crippen LogP contribution is -2.42. The van der Waals surface area contributed by atoms with Crippen LogP contribution in [-0.4, -0.2) is 45.0 Å². The summed E-state index contributed by atoms with van der Waals surface area (Å²) in [5.74, 6) is 2.00. The van der Waals surface area contributed by atoms with Gasteiger partial charge in [0.25, 0.3) is 11.5 Å². The van der Waals surface area contributed by atoms with E-state index in [-0.39, 0.29) is 17.5 Å². The van der Waals surface area contributed by atoms with Gasteiger partial charge in [-0.3, -0.25) is 9.59 Å². The number of hydrogen-bond donors (Lipinski definition) is 1. The summed E-state index contributed by atoms with van der Waals surface area (Å²) < 4.78 is 1.67. The van der Waals surface area contributed by atoms with Crippen LogP contribution in [0.4, 0.5) is 0 Å². The number of aromatic nitrogens is 2. The molecule has 0 bridgehead atoms. The van der Waals surface area contributed by atoms with Crippen LogP contribution in [0.15, 0.2) is 47.5 Å². The fraction of sp³-hybridized carbons (Fsp3) is 0.391. The van der Waals surface area contributed by atoms with Crippen LogP contribution in [-0.2, 0) is 13.0 Å². The summed E-state index contributed by atoms with van der Waals surface area (Å²) in [6.07, 6.45) is 6.53. The Labute approximate surface area is 175 Å². The summed E-state index contributed by atoms with van der Waals surface area (Å²) in [5.41, 5.74) is 3.15. The molecule has 4 rings (SSSR count). The van der Waals surface area contributed by atoms with Crippen molar-refractivity contribution in [2.75, 3.05) is 18.6 Å². The van der Waals surface area contributed by atoms with E-state index in [1.54, 1.807) is 15.7 Å². The number of para-hydroxylation sites is 1. The number of rotatable bonds is 5. The number of hydrogen-bond acceptors (Lipinski definition) is 3. The molecule has 0 unspecified atom stereocenters. The number of H-pyrrole nitrogens is 1. The van der Waals surface area contributed by atoms with Gasteiger partial charge in [-0.15, -0.1) is 0 Å². The number of benzene rings is 1. The molecule has 0 saturated carbocycles. The van der Waals surface area contributed by atoms with Crippen LogP contribution in [0.1, 0.15) is 34.3 Å². The average molecular weight is 410 g/mol. The molecule has 152 valence electrons. The zero-order chi connectivity index (χ0) is 20.4. The topological polar surface area (TPSA) is 58.1 Å². The largest absolute Gasteiger partial charge is 0.361 e. The second kappa shape index (κ2) is 8.49. The molecule has 1 saturated heterocycles. The maximum Gasteiger partial charge on any atom is 0.263 e. The van der Waals surface area contributed by atoms with Crippen LogP contribution < -0.4 is 5.56 Å². The van der Waals surface area contributed by atoms with Crippen LogP contribution >= 0.6 is 11.8 Å². The van der Waals surface area contributed by atoms with E-state index >= 15 is 0 Å². The highest BCUT2D eigenvalue weighted by molar-refractivity contribution is 7.99. The number of nitrogens with one attached hydrogen (secondary N) is 1. The van der Waals surface area contributed by atoms with Crippen molar-refractivity contribution in [2.24, 2.45) is 0 Å². The van der Waals surface area contributed by atoms with Crippen LogP contribution in [0.5, 0.6) is 0 Å². The normalized spacial score (nSPS) is 15.0. The number of nitrogens with zero attached hydrogens (tertiary/aromatic N) is 2.